The second-order valence-electron chi connectivity index (χ2n) is 5.93. The molecule has 0 heterocycles. The monoisotopic (exact) mass is 305 g/mol. The normalized spacial score (nSPS) is 10.8. The van der Waals surface area contributed by atoms with E-state index in [0.717, 1.165) is 0 Å². The Hall–Kier alpha value is -2.37. The summed E-state index contributed by atoms with van der Waals surface area (Å²) in [6.07, 6.45) is 0. The Morgan fingerprint density at radius 1 is 1.00 bits per heavy atom. The van der Waals surface area contributed by atoms with Crippen LogP contribution in [0.15, 0.2) is 24.3 Å². The van der Waals surface area contributed by atoms with Gasteiger partial charge in [-0.25, -0.2) is 0 Å². The lowest BCUT2D eigenvalue weighted by Crippen LogP contribution is -2.49. The molecule has 1 rings (SSSR count). The van der Waals surface area contributed by atoms with E-state index in [1.54, 1.807) is 24.3 Å². The van der Waals surface area contributed by atoms with Crippen molar-refractivity contribution in [2.75, 3.05) is 17.2 Å². The zero-order valence-electron chi connectivity index (χ0n) is 13.7. The fourth-order valence-electron chi connectivity index (χ4n) is 2.07. The molecule has 0 atom stereocenters. The quantitative estimate of drug-likeness (QED) is 0.841. The maximum Gasteiger partial charge on any atom is 0.313 e. The van der Waals surface area contributed by atoms with E-state index in [4.69, 9.17) is 0 Å². The number of likely N-dealkylation sites (N-methyl/N-ethyl adjacent to an activating group) is 1. The van der Waals surface area contributed by atoms with E-state index < -0.39 is 17.4 Å². The fraction of sp³-hybridized carbons (Fsp3) is 0.438. The molecule has 1 aromatic rings. The van der Waals surface area contributed by atoms with E-state index in [9.17, 15) is 14.4 Å². The van der Waals surface area contributed by atoms with Crippen LogP contribution in [0.3, 0.4) is 0 Å². The van der Waals surface area contributed by atoms with Gasteiger partial charge in [-0.3, -0.25) is 14.4 Å². The van der Waals surface area contributed by atoms with Crippen molar-refractivity contribution in [2.24, 2.45) is 0 Å². The molecule has 120 valence electrons. The number of nitrogens with zero attached hydrogens (tertiary/aromatic N) is 1. The molecule has 0 aliphatic carbocycles. The summed E-state index contributed by atoms with van der Waals surface area (Å²) in [4.78, 5) is 36.7. The van der Waals surface area contributed by atoms with Crippen molar-refractivity contribution in [3.8, 4) is 0 Å². The van der Waals surface area contributed by atoms with Gasteiger partial charge in [0.15, 0.2) is 0 Å². The van der Waals surface area contributed by atoms with E-state index >= 15 is 0 Å². The van der Waals surface area contributed by atoms with Crippen molar-refractivity contribution in [3.05, 3.63) is 24.3 Å². The highest BCUT2D eigenvalue weighted by atomic mass is 16.2. The van der Waals surface area contributed by atoms with Gasteiger partial charge in [-0.05, 0) is 52.0 Å². The third-order valence-corrected chi connectivity index (χ3v) is 3.03. The standard InChI is InChI=1S/C16H23N3O3/c1-6-19(16(3,4)5)15(22)14(21)18-13-9-7-12(8-10-13)17-11(2)20/h7-10H,6H2,1-5H3,(H,17,20)(H,18,21). The molecule has 22 heavy (non-hydrogen) atoms. The van der Waals surface area contributed by atoms with E-state index in [-0.39, 0.29) is 5.91 Å². The van der Waals surface area contributed by atoms with Crippen molar-refractivity contribution in [1.82, 2.24) is 4.90 Å². The van der Waals surface area contributed by atoms with Gasteiger partial charge in [0.25, 0.3) is 0 Å². The van der Waals surface area contributed by atoms with Crippen LogP contribution in [-0.4, -0.2) is 34.7 Å². The molecule has 0 saturated carbocycles. The SMILES string of the molecule is CCN(C(=O)C(=O)Nc1ccc(NC(C)=O)cc1)C(C)(C)C. The Balaban J connectivity index is 2.75. The van der Waals surface area contributed by atoms with Gasteiger partial charge in [0.05, 0.1) is 0 Å². The predicted octanol–water partition coefficient (Wildman–Crippen LogP) is 2.23. The maximum absolute atomic E-state index is 12.2. The molecule has 1 aromatic carbocycles. The van der Waals surface area contributed by atoms with Crippen LogP contribution in [0.25, 0.3) is 0 Å². The summed E-state index contributed by atoms with van der Waals surface area (Å²) in [5.41, 5.74) is 0.706. The Labute approximate surface area is 130 Å². The zero-order chi connectivity index (χ0) is 16.9. The molecule has 0 spiro atoms. The lowest BCUT2D eigenvalue weighted by atomic mass is 10.1. The van der Waals surface area contributed by atoms with Gasteiger partial charge in [0.1, 0.15) is 0 Å². The molecule has 6 heteroatoms. The summed E-state index contributed by atoms with van der Waals surface area (Å²) >= 11 is 0. The number of benzene rings is 1. The molecule has 0 fully saturated rings. The number of nitrogens with one attached hydrogen (secondary N) is 2. The van der Waals surface area contributed by atoms with Crippen molar-refractivity contribution < 1.29 is 14.4 Å². The predicted molar refractivity (Wildman–Crippen MR) is 86.5 cm³/mol. The molecule has 0 radical (unpaired) electrons. The van der Waals surface area contributed by atoms with Gasteiger partial charge < -0.3 is 15.5 Å². The molecular formula is C16H23N3O3. The molecule has 0 aliphatic heterocycles. The molecule has 0 saturated heterocycles. The first-order valence-corrected chi connectivity index (χ1v) is 7.15. The lowest BCUT2D eigenvalue weighted by molar-refractivity contribution is -0.146. The molecule has 0 aromatic heterocycles. The fourth-order valence-corrected chi connectivity index (χ4v) is 2.07. The van der Waals surface area contributed by atoms with E-state index in [0.29, 0.717) is 17.9 Å². The topological polar surface area (TPSA) is 78.5 Å². The van der Waals surface area contributed by atoms with Gasteiger partial charge in [-0.15, -0.1) is 0 Å². The van der Waals surface area contributed by atoms with E-state index in [1.807, 2.05) is 27.7 Å². The molecule has 0 aliphatic rings. The molecule has 0 bridgehead atoms. The Morgan fingerprint density at radius 3 is 1.82 bits per heavy atom. The molecule has 2 N–H and O–H groups in total. The van der Waals surface area contributed by atoms with E-state index in [2.05, 4.69) is 10.6 Å². The smallest absolute Gasteiger partial charge is 0.313 e. The van der Waals surface area contributed by atoms with Crippen LogP contribution in [0, 0.1) is 0 Å². The summed E-state index contributed by atoms with van der Waals surface area (Å²) in [6.45, 7) is 9.34. The number of anilines is 2. The Morgan fingerprint density at radius 2 is 1.45 bits per heavy atom. The largest absolute Gasteiger partial charge is 0.330 e. The van der Waals surface area contributed by atoms with Crippen LogP contribution < -0.4 is 10.6 Å². The second-order valence-corrected chi connectivity index (χ2v) is 5.93. The Kier molecular flexibility index (Phi) is 5.68. The molecular weight excluding hydrogens is 282 g/mol. The summed E-state index contributed by atoms with van der Waals surface area (Å²) in [5, 5.41) is 5.19. The van der Waals surface area contributed by atoms with Gasteiger partial charge in [-0.2, -0.15) is 0 Å². The lowest BCUT2D eigenvalue weighted by Gasteiger charge is -2.34. The average Bonchev–Trinajstić information content (AvgIpc) is 2.39. The van der Waals surface area contributed by atoms with Crippen molar-refractivity contribution in [3.63, 3.8) is 0 Å². The first kappa shape index (κ1) is 17.7. The van der Waals surface area contributed by atoms with Crippen LogP contribution in [0.1, 0.15) is 34.6 Å². The van der Waals surface area contributed by atoms with Gasteiger partial charge in [0.2, 0.25) is 5.91 Å². The average molecular weight is 305 g/mol. The van der Waals surface area contributed by atoms with Gasteiger partial charge >= 0.3 is 11.8 Å². The Bertz CT molecular complexity index is 559. The minimum absolute atomic E-state index is 0.171. The zero-order valence-corrected chi connectivity index (χ0v) is 13.7. The van der Waals surface area contributed by atoms with E-state index in [1.165, 1.54) is 11.8 Å². The number of hydrogen-bond donors (Lipinski definition) is 2. The third-order valence-electron chi connectivity index (χ3n) is 3.03. The number of amides is 3. The van der Waals surface area contributed by atoms with Crippen LogP contribution in [0.5, 0.6) is 0 Å². The van der Waals surface area contributed by atoms with Crippen molar-refractivity contribution >= 4 is 29.1 Å². The third kappa shape index (κ3) is 4.87. The first-order chi connectivity index (χ1) is 10.1. The van der Waals surface area contributed by atoms with Crippen molar-refractivity contribution in [2.45, 2.75) is 40.2 Å². The minimum atomic E-state index is -0.677. The van der Waals surface area contributed by atoms with Crippen LogP contribution in [-0.2, 0) is 14.4 Å². The van der Waals surface area contributed by atoms with Gasteiger partial charge in [0, 0.05) is 30.4 Å². The second kappa shape index (κ2) is 7.06. The highest BCUT2D eigenvalue weighted by Gasteiger charge is 2.29. The molecule has 6 nitrogen and oxygen atoms in total. The first-order valence-electron chi connectivity index (χ1n) is 7.15. The number of rotatable bonds is 3. The number of carbonyl (C=O) groups is 3. The van der Waals surface area contributed by atoms with Crippen LogP contribution in [0.4, 0.5) is 11.4 Å². The number of hydrogen-bond acceptors (Lipinski definition) is 3. The maximum atomic E-state index is 12.2. The highest BCUT2D eigenvalue weighted by Crippen LogP contribution is 2.16. The summed E-state index contributed by atoms with van der Waals surface area (Å²) < 4.78 is 0. The highest BCUT2D eigenvalue weighted by molar-refractivity contribution is 6.39. The summed E-state index contributed by atoms with van der Waals surface area (Å²) in [7, 11) is 0. The summed E-state index contributed by atoms with van der Waals surface area (Å²) in [6, 6.07) is 6.57. The minimum Gasteiger partial charge on any atom is -0.330 e. The molecule has 0 unspecified atom stereocenters. The van der Waals surface area contributed by atoms with Crippen molar-refractivity contribution in [1.29, 1.82) is 0 Å². The molecule has 3 amide bonds. The van der Waals surface area contributed by atoms with Crippen LogP contribution in [0.2, 0.25) is 0 Å². The van der Waals surface area contributed by atoms with Gasteiger partial charge in [-0.1, -0.05) is 0 Å². The van der Waals surface area contributed by atoms with Crippen LogP contribution >= 0.6 is 0 Å². The number of carbonyl (C=O) groups excluding carboxylic acids is 3. The summed E-state index contributed by atoms with van der Waals surface area (Å²) in [5.74, 6) is -1.42.